The number of carbonyl (C=O) groups is 2. The van der Waals surface area contributed by atoms with Crippen LogP contribution in [0.4, 0.5) is 0 Å². The SMILES string of the molecule is C[C@H](OC(=O)Cn1cnc2ccccc2c1=O)C(=O)NC[C@H](C)c1ccccc1. The van der Waals surface area contributed by atoms with Gasteiger partial charge in [0.15, 0.2) is 6.10 Å². The summed E-state index contributed by atoms with van der Waals surface area (Å²) in [5, 5.41) is 3.21. The van der Waals surface area contributed by atoms with E-state index in [0.29, 0.717) is 17.4 Å². The molecule has 1 amide bonds. The second kappa shape index (κ2) is 9.14. The van der Waals surface area contributed by atoms with Gasteiger partial charge in [0.25, 0.3) is 11.5 Å². The second-order valence-corrected chi connectivity index (χ2v) is 6.88. The number of para-hydroxylation sites is 1. The minimum Gasteiger partial charge on any atom is -0.451 e. The van der Waals surface area contributed by atoms with Gasteiger partial charge < -0.3 is 10.1 Å². The van der Waals surface area contributed by atoms with E-state index in [4.69, 9.17) is 4.74 Å². The van der Waals surface area contributed by atoms with Crippen LogP contribution in [0.5, 0.6) is 0 Å². The van der Waals surface area contributed by atoms with Crippen LogP contribution in [0.1, 0.15) is 25.3 Å². The molecule has 0 saturated heterocycles. The highest BCUT2D eigenvalue weighted by Gasteiger charge is 2.19. The van der Waals surface area contributed by atoms with Crippen LogP contribution in [0.15, 0.2) is 65.7 Å². The Labute approximate surface area is 168 Å². The zero-order valence-electron chi connectivity index (χ0n) is 16.4. The van der Waals surface area contributed by atoms with Gasteiger partial charge in [-0.1, -0.05) is 49.4 Å². The van der Waals surface area contributed by atoms with Gasteiger partial charge >= 0.3 is 5.97 Å². The van der Waals surface area contributed by atoms with Crippen LogP contribution in [-0.2, 0) is 20.9 Å². The van der Waals surface area contributed by atoms with Gasteiger partial charge in [0.1, 0.15) is 6.54 Å². The Morgan fingerprint density at radius 1 is 1.07 bits per heavy atom. The molecule has 0 aliphatic rings. The van der Waals surface area contributed by atoms with Gasteiger partial charge in [0.2, 0.25) is 0 Å². The topological polar surface area (TPSA) is 90.3 Å². The predicted octanol–water partition coefficient (Wildman–Crippen LogP) is 2.25. The summed E-state index contributed by atoms with van der Waals surface area (Å²) in [5.74, 6) is -0.932. The second-order valence-electron chi connectivity index (χ2n) is 6.88. The molecule has 7 heteroatoms. The predicted molar refractivity (Wildman–Crippen MR) is 109 cm³/mol. The van der Waals surface area contributed by atoms with Crippen LogP contribution < -0.4 is 10.9 Å². The average molecular weight is 393 g/mol. The molecule has 3 aromatic rings. The Bertz CT molecular complexity index is 1060. The number of nitrogens with one attached hydrogen (secondary N) is 1. The third-order valence-corrected chi connectivity index (χ3v) is 4.66. The number of hydrogen-bond donors (Lipinski definition) is 1. The zero-order valence-corrected chi connectivity index (χ0v) is 16.4. The Morgan fingerprint density at radius 3 is 2.52 bits per heavy atom. The molecular weight excluding hydrogens is 370 g/mol. The normalized spacial score (nSPS) is 12.9. The molecule has 0 bridgehead atoms. The van der Waals surface area contributed by atoms with E-state index < -0.39 is 12.1 Å². The third kappa shape index (κ3) is 5.07. The van der Waals surface area contributed by atoms with E-state index in [1.807, 2.05) is 37.3 Å². The lowest BCUT2D eigenvalue weighted by Crippen LogP contribution is -2.38. The molecule has 0 saturated carbocycles. The number of nitrogens with zero attached hydrogens (tertiary/aromatic N) is 2. The lowest BCUT2D eigenvalue weighted by Gasteiger charge is -2.17. The molecule has 1 aromatic heterocycles. The molecule has 2 aromatic carbocycles. The lowest BCUT2D eigenvalue weighted by atomic mass is 10.0. The van der Waals surface area contributed by atoms with Crippen LogP contribution >= 0.6 is 0 Å². The molecule has 150 valence electrons. The van der Waals surface area contributed by atoms with Crippen molar-refractivity contribution in [3.63, 3.8) is 0 Å². The monoisotopic (exact) mass is 393 g/mol. The van der Waals surface area contributed by atoms with Crippen molar-refractivity contribution in [2.75, 3.05) is 6.54 Å². The van der Waals surface area contributed by atoms with E-state index in [1.165, 1.54) is 17.8 Å². The van der Waals surface area contributed by atoms with Gasteiger partial charge in [-0.05, 0) is 30.5 Å². The van der Waals surface area contributed by atoms with E-state index >= 15 is 0 Å². The number of fused-ring (bicyclic) bond motifs is 1. The fourth-order valence-electron chi connectivity index (χ4n) is 2.94. The molecule has 29 heavy (non-hydrogen) atoms. The fraction of sp³-hybridized carbons (Fsp3) is 0.273. The number of rotatable bonds is 7. The maximum absolute atomic E-state index is 12.4. The summed E-state index contributed by atoms with van der Waals surface area (Å²) in [4.78, 5) is 41.0. The number of ether oxygens (including phenoxy) is 1. The molecule has 0 unspecified atom stereocenters. The van der Waals surface area contributed by atoms with Crippen LogP contribution in [0.25, 0.3) is 10.9 Å². The minimum absolute atomic E-state index is 0.130. The molecule has 0 spiro atoms. The first-order valence-electron chi connectivity index (χ1n) is 9.42. The molecule has 0 radical (unpaired) electrons. The third-order valence-electron chi connectivity index (χ3n) is 4.66. The first kappa shape index (κ1) is 20.3. The lowest BCUT2D eigenvalue weighted by molar-refractivity contribution is -0.155. The van der Waals surface area contributed by atoms with Gasteiger partial charge in [-0.3, -0.25) is 19.0 Å². The van der Waals surface area contributed by atoms with Gasteiger partial charge in [-0.25, -0.2) is 4.98 Å². The van der Waals surface area contributed by atoms with Crippen LogP contribution in [0, 0.1) is 0 Å². The van der Waals surface area contributed by atoms with Crippen LogP contribution in [0.2, 0.25) is 0 Å². The van der Waals surface area contributed by atoms with Gasteiger partial charge in [-0.2, -0.15) is 0 Å². The number of aromatic nitrogens is 2. The first-order chi connectivity index (χ1) is 14.0. The Hall–Kier alpha value is -3.48. The van der Waals surface area contributed by atoms with Crippen molar-refractivity contribution in [2.45, 2.75) is 32.4 Å². The molecule has 1 N–H and O–H groups in total. The van der Waals surface area contributed by atoms with Gasteiger partial charge in [0.05, 0.1) is 17.2 Å². The largest absolute Gasteiger partial charge is 0.451 e. The molecule has 2 atom stereocenters. The first-order valence-corrected chi connectivity index (χ1v) is 9.42. The maximum atomic E-state index is 12.4. The van der Waals surface area contributed by atoms with Crippen molar-refractivity contribution < 1.29 is 14.3 Å². The molecule has 0 aliphatic heterocycles. The van der Waals surface area contributed by atoms with Gasteiger partial charge in [0, 0.05) is 6.54 Å². The molecule has 7 nitrogen and oxygen atoms in total. The van der Waals surface area contributed by atoms with E-state index in [1.54, 1.807) is 24.3 Å². The Morgan fingerprint density at radius 2 is 1.76 bits per heavy atom. The van der Waals surface area contributed by atoms with E-state index in [0.717, 1.165) is 5.56 Å². The quantitative estimate of drug-likeness (QED) is 0.622. The number of benzene rings is 2. The summed E-state index contributed by atoms with van der Waals surface area (Å²) in [6.45, 7) is 3.63. The summed E-state index contributed by atoms with van der Waals surface area (Å²) in [6.07, 6.45) is 0.340. The number of esters is 1. The smallest absolute Gasteiger partial charge is 0.326 e. The molecule has 0 aliphatic carbocycles. The number of hydrogen-bond acceptors (Lipinski definition) is 5. The fourth-order valence-corrected chi connectivity index (χ4v) is 2.94. The number of amides is 1. The van der Waals surface area contributed by atoms with E-state index in [2.05, 4.69) is 10.3 Å². The van der Waals surface area contributed by atoms with Crippen molar-refractivity contribution in [1.82, 2.24) is 14.9 Å². The zero-order chi connectivity index (χ0) is 20.8. The summed E-state index contributed by atoms with van der Waals surface area (Å²) < 4.78 is 6.36. The highest BCUT2D eigenvalue weighted by atomic mass is 16.5. The van der Waals surface area contributed by atoms with Crippen molar-refractivity contribution in [3.05, 3.63) is 76.8 Å². The Kier molecular flexibility index (Phi) is 6.39. The van der Waals surface area contributed by atoms with E-state index in [9.17, 15) is 14.4 Å². The summed E-state index contributed by atoms with van der Waals surface area (Å²) in [5.41, 5.74) is 1.34. The molecular formula is C22H23N3O4. The molecule has 0 fully saturated rings. The minimum atomic E-state index is -0.963. The maximum Gasteiger partial charge on any atom is 0.326 e. The standard InChI is InChI=1S/C22H23N3O4/c1-15(17-8-4-3-5-9-17)12-23-21(27)16(2)29-20(26)13-25-14-24-19-11-7-6-10-18(19)22(25)28/h3-11,14-16H,12-13H2,1-2H3,(H,23,27)/t15-,16-/m0/s1. The summed E-state index contributed by atoms with van der Waals surface area (Å²) >= 11 is 0. The Balaban J connectivity index is 1.54. The van der Waals surface area contributed by atoms with Crippen molar-refractivity contribution in [2.24, 2.45) is 0 Å². The van der Waals surface area contributed by atoms with E-state index in [-0.39, 0.29) is 23.9 Å². The van der Waals surface area contributed by atoms with Gasteiger partial charge in [-0.15, -0.1) is 0 Å². The highest BCUT2D eigenvalue weighted by molar-refractivity contribution is 5.83. The van der Waals surface area contributed by atoms with Crippen molar-refractivity contribution >= 4 is 22.8 Å². The summed E-state index contributed by atoms with van der Waals surface area (Å²) in [7, 11) is 0. The van der Waals surface area contributed by atoms with Crippen molar-refractivity contribution in [1.29, 1.82) is 0 Å². The summed E-state index contributed by atoms with van der Waals surface area (Å²) in [6, 6.07) is 16.7. The van der Waals surface area contributed by atoms with Crippen molar-refractivity contribution in [3.8, 4) is 0 Å². The molecule has 3 rings (SSSR count). The number of carbonyl (C=O) groups excluding carboxylic acids is 2. The van der Waals surface area contributed by atoms with Crippen LogP contribution in [0.3, 0.4) is 0 Å². The average Bonchev–Trinajstić information content (AvgIpc) is 2.74. The highest BCUT2D eigenvalue weighted by Crippen LogP contribution is 2.13. The van der Waals surface area contributed by atoms with Crippen LogP contribution in [-0.4, -0.2) is 34.1 Å². The molecule has 1 heterocycles.